The number of rotatable bonds is 6. The molecule has 0 aliphatic carbocycles. The van der Waals surface area contributed by atoms with Gasteiger partial charge in [-0.25, -0.2) is 17.8 Å². The topological polar surface area (TPSA) is 88.6 Å². The van der Waals surface area contributed by atoms with Crippen LogP contribution in [0.2, 0.25) is 5.02 Å². The summed E-state index contributed by atoms with van der Waals surface area (Å²) in [6.07, 6.45) is 2.19. The van der Waals surface area contributed by atoms with E-state index in [1.54, 1.807) is 18.3 Å². The predicted octanol–water partition coefficient (Wildman–Crippen LogP) is 3.80. The molecule has 7 nitrogen and oxygen atoms in total. The Kier molecular flexibility index (Phi) is 6.87. The van der Waals surface area contributed by atoms with Crippen molar-refractivity contribution >= 4 is 44.0 Å². The lowest BCUT2D eigenvalue weighted by Crippen LogP contribution is -2.40. The number of nitrogens with zero attached hydrogens (tertiary/aromatic N) is 2. The Labute approximate surface area is 193 Å². The molecule has 0 bridgehead atoms. The first-order chi connectivity index (χ1) is 15.3. The first-order valence-electron chi connectivity index (χ1n) is 9.71. The standard InChI is InChI=1S/C21H19ClFN3O4S2/c22-18-6-3-15(12-19(18)32(28,29)26-7-9-30-10-8-26)20(27)25-21-24-13-17(31-21)11-14-1-4-16(23)5-2-14/h1-6,12-13H,7-11H2,(H,24,25,27). The average Bonchev–Trinajstić information content (AvgIpc) is 3.22. The molecule has 11 heteroatoms. The molecular weight excluding hydrogens is 477 g/mol. The van der Waals surface area contributed by atoms with E-state index in [1.807, 2.05) is 0 Å². The highest BCUT2D eigenvalue weighted by atomic mass is 35.5. The normalized spacial score (nSPS) is 14.9. The van der Waals surface area contributed by atoms with E-state index in [1.165, 1.54) is 46.0 Å². The van der Waals surface area contributed by atoms with Crippen molar-refractivity contribution < 1.29 is 22.3 Å². The molecule has 1 aliphatic heterocycles. The molecular formula is C21H19ClFN3O4S2. The Morgan fingerprint density at radius 1 is 1.19 bits per heavy atom. The van der Waals surface area contributed by atoms with E-state index in [0.717, 1.165) is 10.4 Å². The molecule has 1 amide bonds. The number of hydrogen-bond acceptors (Lipinski definition) is 6. The third-order valence-electron chi connectivity index (χ3n) is 4.85. The van der Waals surface area contributed by atoms with Gasteiger partial charge in [-0.15, -0.1) is 11.3 Å². The second-order valence-electron chi connectivity index (χ2n) is 7.05. The molecule has 1 aliphatic rings. The summed E-state index contributed by atoms with van der Waals surface area (Å²) in [4.78, 5) is 17.7. The van der Waals surface area contributed by atoms with Crippen LogP contribution in [0, 0.1) is 5.82 Å². The number of sulfonamides is 1. The van der Waals surface area contributed by atoms with Crippen molar-refractivity contribution in [1.29, 1.82) is 0 Å². The van der Waals surface area contributed by atoms with E-state index in [9.17, 15) is 17.6 Å². The van der Waals surface area contributed by atoms with Crippen LogP contribution in [0.3, 0.4) is 0 Å². The molecule has 0 saturated carbocycles. The Bertz CT molecular complexity index is 1230. The van der Waals surface area contributed by atoms with Gasteiger partial charge in [-0.2, -0.15) is 4.31 Å². The van der Waals surface area contributed by atoms with E-state index in [-0.39, 0.29) is 34.4 Å². The highest BCUT2D eigenvalue weighted by molar-refractivity contribution is 7.89. The molecule has 2 heterocycles. The lowest BCUT2D eigenvalue weighted by atomic mass is 10.1. The number of benzene rings is 2. The quantitative estimate of drug-likeness (QED) is 0.562. The zero-order valence-electron chi connectivity index (χ0n) is 16.8. The van der Waals surface area contributed by atoms with Gasteiger partial charge in [0, 0.05) is 36.1 Å². The molecule has 3 aromatic rings. The van der Waals surface area contributed by atoms with Crippen molar-refractivity contribution in [2.24, 2.45) is 0 Å². The number of carbonyl (C=O) groups excluding carboxylic acids is 1. The lowest BCUT2D eigenvalue weighted by molar-refractivity contribution is 0.0730. The van der Waals surface area contributed by atoms with Crippen molar-refractivity contribution in [3.63, 3.8) is 0 Å². The number of morpholine rings is 1. The fraction of sp³-hybridized carbons (Fsp3) is 0.238. The van der Waals surface area contributed by atoms with Gasteiger partial charge in [0.1, 0.15) is 10.7 Å². The number of halogens is 2. The second kappa shape index (κ2) is 9.63. The molecule has 1 N–H and O–H groups in total. The summed E-state index contributed by atoms with van der Waals surface area (Å²) in [5, 5.41) is 3.11. The summed E-state index contributed by atoms with van der Waals surface area (Å²) >= 11 is 7.44. The fourth-order valence-corrected chi connectivity index (χ4v) is 5.94. The summed E-state index contributed by atoms with van der Waals surface area (Å²) in [7, 11) is -3.85. The number of amides is 1. The maximum atomic E-state index is 13.1. The Morgan fingerprint density at radius 3 is 2.62 bits per heavy atom. The van der Waals surface area contributed by atoms with Gasteiger partial charge in [-0.3, -0.25) is 10.1 Å². The Morgan fingerprint density at radius 2 is 1.91 bits per heavy atom. The smallest absolute Gasteiger partial charge is 0.257 e. The summed E-state index contributed by atoms with van der Waals surface area (Å²) in [6.45, 7) is 1.07. The molecule has 2 aromatic carbocycles. The summed E-state index contributed by atoms with van der Waals surface area (Å²) in [5.41, 5.74) is 1.07. The maximum absolute atomic E-state index is 13.1. The highest BCUT2D eigenvalue weighted by Gasteiger charge is 2.29. The van der Waals surface area contributed by atoms with Crippen LogP contribution in [0.4, 0.5) is 9.52 Å². The minimum absolute atomic E-state index is 0.0453. The molecule has 0 atom stereocenters. The van der Waals surface area contributed by atoms with Gasteiger partial charge in [-0.05, 0) is 35.9 Å². The van der Waals surface area contributed by atoms with Crippen LogP contribution >= 0.6 is 22.9 Å². The second-order valence-corrected chi connectivity index (χ2v) is 10.5. The van der Waals surface area contributed by atoms with Crippen LogP contribution in [0.25, 0.3) is 0 Å². The van der Waals surface area contributed by atoms with E-state index in [2.05, 4.69) is 10.3 Å². The van der Waals surface area contributed by atoms with E-state index in [4.69, 9.17) is 16.3 Å². The number of anilines is 1. The van der Waals surface area contributed by atoms with Crippen molar-refractivity contribution in [2.75, 3.05) is 31.6 Å². The Balaban J connectivity index is 1.49. The number of nitrogens with one attached hydrogen (secondary N) is 1. The van der Waals surface area contributed by atoms with Crippen LogP contribution in [-0.2, 0) is 21.2 Å². The van der Waals surface area contributed by atoms with Crippen LogP contribution in [0.5, 0.6) is 0 Å². The molecule has 0 radical (unpaired) electrons. The molecule has 0 unspecified atom stereocenters. The minimum atomic E-state index is -3.85. The van der Waals surface area contributed by atoms with Gasteiger partial charge in [-0.1, -0.05) is 23.7 Å². The van der Waals surface area contributed by atoms with Gasteiger partial charge in [0.15, 0.2) is 5.13 Å². The lowest BCUT2D eigenvalue weighted by Gasteiger charge is -2.26. The van der Waals surface area contributed by atoms with E-state index in [0.29, 0.717) is 24.8 Å². The van der Waals surface area contributed by atoms with Gasteiger partial charge in [0.2, 0.25) is 10.0 Å². The van der Waals surface area contributed by atoms with Gasteiger partial charge in [0.25, 0.3) is 5.91 Å². The molecule has 0 spiro atoms. The predicted molar refractivity (Wildman–Crippen MR) is 120 cm³/mol. The first kappa shape index (κ1) is 22.8. The zero-order chi connectivity index (χ0) is 22.7. The van der Waals surface area contributed by atoms with E-state index < -0.39 is 15.9 Å². The van der Waals surface area contributed by atoms with Crippen LogP contribution in [0.1, 0.15) is 20.8 Å². The summed E-state index contributed by atoms with van der Waals surface area (Å²) in [5.74, 6) is -0.799. The van der Waals surface area contributed by atoms with Gasteiger partial charge < -0.3 is 4.74 Å². The zero-order valence-corrected chi connectivity index (χ0v) is 19.1. The molecule has 4 rings (SSSR count). The van der Waals surface area contributed by atoms with Crippen molar-refractivity contribution in [1.82, 2.24) is 9.29 Å². The number of ether oxygens (including phenoxy) is 1. The summed E-state index contributed by atoms with van der Waals surface area (Å²) < 4.78 is 45.5. The average molecular weight is 496 g/mol. The molecule has 1 fully saturated rings. The largest absolute Gasteiger partial charge is 0.379 e. The van der Waals surface area contributed by atoms with Crippen molar-refractivity contribution in [3.05, 3.63) is 75.5 Å². The Hall–Kier alpha value is -2.37. The molecule has 32 heavy (non-hydrogen) atoms. The number of carbonyl (C=O) groups is 1. The third-order valence-corrected chi connectivity index (χ3v) is 8.14. The summed E-state index contributed by atoms with van der Waals surface area (Å²) in [6, 6.07) is 10.3. The van der Waals surface area contributed by atoms with Crippen molar-refractivity contribution in [2.45, 2.75) is 11.3 Å². The fourth-order valence-electron chi connectivity index (χ4n) is 3.19. The van der Waals surface area contributed by atoms with Crippen molar-refractivity contribution in [3.8, 4) is 0 Å². The molecule has 1 saturated heterocycles. The molecule has 168 valence electrons. The first-order valence-corrected chi connectivity index (χ1v) is 12.3. The van der Waals surface area contributed by atoms with Crippen LogP contribution in [0.15, 0.2) is 53.6 Å². The van der Waals surface area contributed by atoms with Gasteiger partial charge >= 0.3 is 0 Å². The highest BCUT2D eigenvalue weighted by Crippen LogP contribution is 2.27. The molecule has 1 aromatic heterocycles. The maximum Gasteiger partial charge on any atom is 0.257 e. The number of aromatic nitrogens is 1. The monoisotopic (exact) mass is 495 g/mol. The third kappa shape index (κ3) is 5.16. The van der Waals surface area contributed by atoms with Crippen LogP contribution in [-0.4, -0.2) is 49.9 Å². The SMILES string of the molecule is O=C(Nc1ncc(Cc2ccc(F)cc2)s1)c1ccc(Cl)c(S(=O)(=O)N2CCOCC2)c1. The number of thiazole rings is 1. The van der Waals surface area contributed by atoms with Gasteiger partial charge in [0.05, 0.1) is 18.2 Å². The minimum Gasteiger partial charge on any atom is -0.379 e. The van der Waals surface area contributed by atoms with Crippen LogP contribution < -0.4 is 5.32 Å². The number of hydrogen-bond donors (Lipinski definition) is 1. The van der Waals surface area contributed by atoms with E-state index >= 15 is 0 Å².